The van der Waals surface area contributed by atoms with Crippen LogP contribution in [0.2, 0.25) is 18.1 Å². The molecule has 0 aliphatic carbocycles. The van der Waals surface area contributed by atoms with Crippen LogP contribution >= 0.6 is 15.9 Å². The van der Waals surface area contributed by atoms with Gasteiger partial charge in [0.25, 0.3) is 5.92 Å². The van der Waals surface area contributed by atoms with Crippen LogP contribution in [0.1, 0.15) is 32.4 Å². The Morgan fingerprint density at radius 3 is 2.22 bits per heavy atom. The van der Waals surface area contributed by atoms with E-state index >= 15 is 0 Å². The quantitative estimate of drug-likeness (QED) is 0.351. The summed E-state index contributed by atoms with van der Waals surface area (Å²) in [7, 11) is -0.666. The van der Waals surface area contributed by atoms with Crippen LogP contribution < -0.4 is 4.74 Å². The van der Waals surface area contributed by atoms with Crippen LogP contribution in [-0.2, 0) is 4.43 Å². The van der Waals surface area contributed by atoms with E-state index < -0.39 is 20.3 Å². The number of hydrogen-bond donors (Lipinski definition) is 0. The predicted octanol–water partition coefficient (Wildman–Crippen LogP) is 6.34. The maximum absolute atomic E-state index is 14.5. The van der Waals surface area contributed by atoms with Gasteiger partial charge < -0.3 is 9.16 Å². The molecule has 0 fully saturated rings. The van der Waals surface area contributed by atoms with E-state index in [9.17, 15) is 8.78 Å². The average molecular weight is 407 g/mol. The highest BCUT2D eigenvalue weighted by molar-refractivity contribution is 9.10. The molecule has 0 amide bonds. The number of ether oxygens (including phenoxy) is 1. The second-order valence-electron chi connectivity index (χ2n) is 5.51. The van der Waals surface area contributed by atoms with Gasteiger partial charge in [-0.25, -0.2) is 0 Å². The molecule has 0 N–H and O–H groups in total. The zero-order chi connectivity index (χ0) is 17.7. The Balaban J connectivity index is 3.31. The van der Waals surface area contributed by atoms with Gasteiger partial charge in [-0.2, -0.15) is 8.78 Å². The average Bonchev–Trinajstić information content (AvgIpc) is 2.56. The minimum atomic E-state index is -3.13. The third-order valence-corrected chi connectivity index (χ3v) is 9.62. The maximum Gasteiger partial charge on any atom is 0.294 e. The summed E-state index contributed by atoms with van der Waals surface area (Å²) in [5, 5.41) is 0. The molecule has 0 saturated heterocycles. The van der Waals surface area contributed by atoms with Crippen molar-refractivity contribution in [1.82, 2.24) is 0 Å². The van der Waals surface area contributed by atoms with Crippen molar-refractivity contribution in [3.05, 3.63) is 40.9 Å². The number of methoxy groups -OCH3 is 1. The second kappa shape index (κ2) is 8.40. The summed E-state index contributed by atoms with van der Waals surface area (Å²) in [5.74, 6) is -2.54. The smallest absolute Gasteiger partial charge is 0.294 e. The maximum atomic E-state index is 14.5. The largest absolute Gasteiger partial charge is 0.496 e. The number of benzene rings is 1. The van der Waals surface area contributed by atoms with E-state index in [-0.39, 0.29) is 0 Å². The SMILES string of the molecule is C=CC(F)(F)C(O[Si](CC)(CC)CC)c1ccc(OC)c(Br)c1. The van der Waals surface area contributed by atoms with Crippen molar-refractivity contribution in [2.45, 2.75) is 50.9 Å². The van der Waals surface area contributed by atoms with Crippen molar-refractivity contribution in [3.8, 4) is 5.75 Å². The molecule has 1 atom stereocenters. The highest BCUT2D eigenvalue weighted by Gasteiger charge is 2.44. The summed E-state index contributed by atoms with van der Waals surface area (Å²) in [4.78, 5) is 0. The molecule has 1 aromatic carbocycles. The first-order valence-corrected chi connectivity index (χ1v) is 11.1. The van der Waals surface area contributed by atoms with E-state index in [4.69, 9.17) is 9.16 Å². The van der Waals surface area contributed by atoms with Crippen molar-refractivity contribution in [2.24, 2.45) is 0 Å². The lowest BCUT2D eigenvalue weighted by Crippen LogP contribution is -2.41. The Kier molecular flexibility index (Phi) is 7.42. The molecule has 1 aromatic rings. The molecule has 1 rings (SSSR count). The fourth-order valence-electron chi connectivity index (χ4n) is 2.57. The molecule has 0 aromatic heterocycles. The molecule has 0 radical (unpaired) electrons. The van der Waals surface area contributed by atoms with Gasteiger partial charge in [0.1, 0.15) is 11.9 Å². The van der Waals surface area contributed by atoms with E-state index in [1.165, 1.54) is 7.11 Å². The van der Waals surface area contributed by atoms with Gasteiger partial charge in [0, 0.05) is 0 Å². The third kappa shape index (κ3) is 4.64. The summed E-state index contributed by atoms with van der Waals surface area (Å²) in [6, 6.07) is 7.36. The molecule has 0 saturated carbocycles. The summed E-state index contributed by atoms with van der Waals surface area (Å²) in [6.07, 6.45) is -0.649. The van der Waals surface area contributed by atoms with Gasteiger partial charge >= 0.3 is 0 Å². The topological polar surface area (TPSA) is 18.5 Å². The lowest BCUT2D eigenvalue weighted by molar-refractivity contribution is -0.0631. The first kappa shape index (κ1) is 20.3. The predicted molar refractivity (Wildman–Crippen MR) is 96.9 cm³/mol. The van der Waals surface area contributed by atoms with E-state index in [2.05, 4.69) is 22.5 Å². The monoisotopic (exact) mass is 406 g/mol. The zero-order valence-electron chi connectivity index (χ0n) is 14.2. The van der Waals surface area contributed by atoms with Gasteiger partial charge in [-0.1, -0.05) is 33.4 Å². The Bertz CT molecular complexity index is 525. The van der Waals surface area contributed by atoms with E-state index in [0.717, 1.165) is 18.1 Å². The fourth-order valence-corrected chi connectivity index (χ4v) is 5.92. The fraction of sp³-hybridized carbons (Fsp3) is 0.529. The molecule has 1 unspecified atom stereocenters. The Morgan fingerprint density at radius 1 is 1.26 bits per heavy atom. The van der Waals surface area contributed by atoms with Gasteiger partial charge in [0.15, 0.2) is 8.32 Å². The Hall–Kier alpha value is -0.723. The van der Waals surface area contributed by atoms with Gasteiger partial charge in [-0.3, -0.25) is 0 Å². The van der Waals surface area contributed by atoms with Crippen LogP contribution in [-0.4, -0.2) is 21.3 Å². The third-order valence-electron chi connectivity index (χ3n) is 4.40. The van der Waals surface area contributed by atoms with Crippen molar-refractivity contribution in [1.29, 1.82) is 0 Å². The van der Waals surface area contributed by atoms with Crippen LogP contribution in [0.4, 0.5) is 8.78 Å². The van der Waals surface area contributed by atoms with Crippen LogP contribution in [0.3, 0.4) is 0 Å². The van der Waals surface area contributed by atoms with E-state index in [0.29, 0.717) is 21.9 Å². The van der Waals surface area contributed by atoms with Crippen molar-refractivity contribution in [3.63, 3.8) is 0 Å². The van der Waals surface area contributed by atoms with Gasteiger partial charge in [0.2, 0.25) is 0 Å². The zero-order valence-corrected chi connectivity index (χ0v) is 16.8. The number of halogens is 3. The Labute approximate surface area is 147 Å². The molecular weight excluding hydrogens is 382 g/mol. The van der Waals surface area contributed by atoms with Crippen LogP contribution in [0.25, 0.3) is 0 Å². The van der Waals surface area contributed by atoms with Crippen molar-refractivity contribution < 1.29 is 17.9 Å². The molecule has 0 spiro atoms. The van der Waals surface area contributed by atoms with Crippen LogP contribution in [0.5, 0.6) is 5.75 Å². The first-order chi connectivity index (χ1) is 10.8. The van der Waals surface area contributed by atoms with Crippen LogP contribution in [0, 0.1) is 0 Å². The summed E-state index contributed by atoms with van der Waals surface area (Å²) < 4.78 is 40.9. The highest BCUT2D eigenvalue weighted by Crippen LogP contribution is 2.42. The van der Waals surface area contributed by atoms with Crippen molar-refractivity contribution in [2.75, 3.05) is 7.11 Å². The number of alkyl halides is 2. The molecule has 0 heterocycles. The molecule has 0 aliphatic rings. The van der Waals surface area contributed by atoms with Gasteiger partial charge in [-0.05, 0) is 57.8 Å². The van der Waals surface area contributed by atoms with Crippen molar-refractivity contribution >= 4 is 24.2 Å². The summed E-state index contributed by atoms with van der Waals surface area (Å²) >= 11 is 3.36. The molecular formula is C17H25BrF2O2Si. The highest BCUT2D eigenvalue weighted by atomic mass is 79.9. The summed E-state index contributed by atoms with van der Waals surface area (Å²) in [6.45, 7) is 9.35. The Morgan fingerprint density at radius 2 is 1.83 bits per heavy atom. The first-order valence-electron chi connectivity index (χ1n) is 7.81. The standard InChI is InChI=1S/C17H25BrF2O2Si/c1-6-17(19,20)16(22-23(7-2,8-3)9-4)13-10-11-15(21-5)14(18)12-13/h6,10-12,16H,1,7-9H2,2-5H3. The second-order valence-corrected chi connectivity index (χ2v) is 11.1. The lowest BCUT2D eigenvalue weighted by atomic mass is 10.0. The van der Waals surface area contributed by atoms with Gasteiger partial charge in [0.05, 0.1) is 11.6 Å². The molecule has 2 nitrogen and oxygen atoms in total. The number of hydrogen-bond acceptors (Lipinski definition) is 2. The molecule has 130 valence electrons. The normalized spacial score (nSPS) is 13.7. The molecule has 23 heavy (non-hydrogen) atoms. The van der Waals surface area contributed by atoms with E-state index in [1.54, 1.807) is 18.2 Å². The lowest BCUT2D eigenvalue weighted by Gasteiger charge is -2.36. The molecule has 0 bridgehead atoms. The minimum absolute atomic E-state index is 0.426. The van der Waals surface area contributed by atoms with Gasteiger partial charge in [-0.15, -0.1) is 0 Å². The molecule has 6 heteroatoms. The molecule has 0 aliphatic heterocycles. The van der Waals surface area contributed by atoms with Crippen LogP contribution in [0.15, 0.2) is 35.3 Å². The summed E-state index contributed by atoms with van der Waals surface area (Å²) in [5.41, 5.74) is 0.426. The van der Waals surface area contributed by atoms with E-state index in [1.807, 2.05) is 20.8 Å². The minimum Gasteiger partial charge on any atom is -0.496 e. The number of rotatable bonds is 9.